The number of benzene rings is 12. The lowest BCUT2D eigenvalue weighted by Gasteiger charge is -2.29. The van der Waals surface area contributed by atoms with Crippen molar-refractivity contribution in [3.63, 3.8) is 0 Å². The highest BCUT2D eigenvalue weighted by atomic mass is 16.3. The predicted octanol–water partition coefficient (Wildman–Crippen LogP) is 18.4. The molecule has 0 spiro atoms. The van der Waals surface area contributed by atoms with Gasteiger partial charge in [0.05, 0.1) is 46.0 Å². The summed E-state index contributed by atoms with van der Waals surface area (Å²) in [5.41, 5.74) is 14.1. The Kier molecular flexibility index (Phi) is 9.23. The average Bonchev–Trinajstić information content (AvgIpc) is 4.04. The van der Waals surface area contributed by atoms with Gasteiger partial charge in [-0.1, -0.05) is 158 Å². The van der Waals surface area contributed by atoms with Crippen molar-refractivity contribution in [1.29, 1.82) is 10.5 Å². The number of fused-ring (bicyclic) bond motifs is 6. The van der Waals surface area contributed by atoms with Crippen molar-refractivity contribution < 1.29 is 8.83 Å². The Balaban J connectivity index is 1.01. The molecule has 334 valence electrons. The molecule has 0 radical (unpaired) electrons. The fourth-order valence-corrected chi connectivity index (χ4v) is 11.0. The summed E-state index contributed by atoms with van der Waals surface area (Å²) in [7, 11) is 0. The first-order valence-electron chi connectivity index (χ1n) is 23.9. The van der Waals surface area contributed by atoms with Crippen LogP contribution in [0.4, 0.5) is 34.1 Å². The van der Waals surface area contributed by atoms with Gasteiger partial charge in [0, 0.05) is 54.8 Å². The minimum absolute atomic E-state index is 0.581. The highest BCUT2D eigenvalue weighted by Gasteiger charge is 2.26. The number of rotatable bonds is 8. The number of anilines is 6. The van der Waals surface area contributed by atoms with Gasteiger partial charge >= 0.3 is 0 Å². The molecule has 14 rings (SSSR count). The molecule has 0 saturated heterocycles. The molecule has 12 aromatic carbocycles. The van der Waals surface area contributed by atoms with E-state index < -0.39 is 0 Å². The Hall–Kier alpha value is -10.1. The van der Waals surface area contributed by atoms with Crippen LogP contribution in [0.15, 0.2) is 239 Å². The normalized spacial score (nSPS) is 11.6. The van der Waals surface area contributed by atoms with E-state index in [1.54, 1.807) is 0 Å². The van der Waals surface area contributed by atoms with E-state index in [2.05, 4.69) is 192 Å². The zero-order chi connectivity index (χ0) is 47.9. The quantitative estimate of drug-likeness (QED) is 0.141. The molecule has 0 aliphatic carbocycles. The summed E-state index contributed by atoms with van der Waals surface area (Å²) in [5.74, 6) is 0. The van der Waals surface area contributed by atoms with E-state index in [-0.39, 0.29) is 0 Å². The average molecular weight is 919 g/mol. The van der Waals surface area contributed by atoms with Crippen molar-refractivity contribution in [2.24, 2.45) is 0 Å². The zero-order valence-electron chi connectivity index (χ0n) is 38.5. The molecule has 6 heteroatoms. The van der Waals surface area contributed by atoms with Crippen LogP contribution in [-0.2, 0) is 0 Å². The van der Waals surface area contributed by atoms with Crippen LogP contribution in [0, 0.1) is 22.7 Å². The maximum Gasteiger partial charge on any atom is 0.159 e. The molecular formula is C66H38N4O2. The molecular weight excluding hydrogens is 881 g/mol. The van der Waals surface area contributed by atoms with Gasteiger partial charge in [-0.15, -0.1) is 0 Å². The highest BCUT2D eigenvalue weighted by molar-refractivity contribution is 6.29. The van der Waals surface area contributed by atoms with E-state index >= 15 is 0 Å². The third kappa shape index (κ3) is 6.27. The predicted molar refractivity (Wildman–Crippen MR) is 294 cm³/mol. The molecule has 0 atom stereocenters. The van der Waals surface area contributed by atoms with Gasteiger partial charge in [-0.3, -0.25) is 0 Å². The summed E-state index contributed by atoms with van der Waals surface area (Å²) in [6.45, 7) is 0. The molecule has 0 bridgehead atoms. The molecule has 0 N–H and O–H groups in total. The number of furan rings is 2. The smallest absolute Gasteiger partial charge is 0.159 e. The molecule has 0 unspecified atom stereocenters. The van der Waals surface area contributed by atoms with E-state index in [1.807, 2.05) is 60.7 Å². The van der Waals surface area contributed by atoms with Gasteiger partial charge < -0.3 is 18.6 Å². The van der Waals surface area contributed by atoms with Crippen LogP contribution in [0.25, 0.3) is 98.4 Å². The van der Waals surface area contributed by atoms with E-state index in [9.17, 15) is 10.5 Å². The Morgan fingerprint density at radius 2 is 0.667 bits per heavy atom. The number of hydrogen-bond donors (Lipinski definition) is 0. The summed E-state index contributed by atoms with van der Waals surface area (Å²) in [6.07, 6.45) is 0. The van der Waals surface area contributed by atoms with Gasteiger partial charge in [-0.25, -0.2) is 0 Å². The van der Waals surface area contributed by atoms with Crippen molar-refractivity contribution in [2.75, 3.05) is 9.80 Å². The molecule has 0 aliphatic heterocycles. The molecule has 6 nitrogen and oxygen atoms in total. The molecule has 0 fully saturated rings. The molecule has 14 aromatic rings. The first-order valence-corrected chi connectivity index (χ1v) is 23.9. The van der Waals surface area contributed by atoms with Gasteiger partial charge in [0.15, 0.2) is 11.2 Å². The fourth-order valence-electron chi connectivity index (χ4n) is 11.0. The van der Waals surface area contributed by atoms with E-state index in [4.69, 9.17) is 8.83 Å². The summed E-state index contributed by atoms with van der Waals surface area (Å²) in [5, 5.41) is 30.5. The number of nitriles is 2. The monoisotopic (exact) mass is 918 g/mol. The first-order chi connectivity index (χ1) is 35.6. The second-order valence-electron chi connectivity index (χ2n) is 18.2. The standard InChI is InChI=1S/C66H38N4O2/c67-39-41-23-31-47(32-24-41)69(59-21-9-19-53-51-17-7-15-49(63(51)71-65(53)59)43-11-3-1-4-12-43)57-37-29-45-28-36-56-58(38-30-46-27-35-55(57)61(45)62(46)56)70(48-33-25-42(40-68)26-34-48)60-22-10-20-54-52-18-8-16-50(64(52)72-66(54)60)44-13-5-2-6-14-44/h1-38H. The number of hydrogen-bond acceptors (Lipinski definition) is 6. The van der Waals surface area contributed by atoms with Crippen molar-refractivity contribution in [2.45, 2.75) is 0 Å². The molecule has 0 aliphatic rings. The lowest BCUT2D eigenvalue weighted by Crippen LogP contribution is -2.12. The van der Waals surface area contributed by atoms with Crippen LogP contribution in [0.3, 0.4) is 0 Å². The third-order valence-corrected chi connectivity index (χ3v) is 14.3. The van der Waals surface area contributed by atoms with Crippen molar-refractivity contribution >= 4 is 110 Å². The van der Waals surface area contributed by atoms with Crippen LogP contribution in [0.2, 0.25) is 0 Å². The minimum atomic E-state index is 0.581. The third-order valence-electron chi connectivity index (χ3n) is 14.3. The second-order valence-corrected chi connectivity index (χ2v) is 18.2. The largest absolute Gasteiger partial charge is 0.453 e. The second kappa shape index (κ2) is 16.2. The zero-order valence-corrected chi connectivity index (χ0v) is 38.5. The fraction of sp³-hybridized carbons (Fsp3) is 0. The Morgan fingerprint density at radius 3 is 1.07 bits per heavy atom. The van der Waals surface area contributed by atoms with Gasteiger partial charge in [0.2, 0.25) is 0 Å². The van der Waals surface area contributed by atoms with E-state index in [0.29, 0.717) is 11.1 Å². The Morgan fingerprint density at radius 1 is 0.292 bits per heavy atom. The highest BCUT2D eigenvalue weighted by Crippen LogP contribution is 2.51. The molecule has 0 amide bonds. The lowest BCUT2D eigenvalue weighted by molar-refractivity contribution is 0.670. The van der Waals surface area contributed by atoms with Gasteiger partial charge in [0.25, 0.3) is 0 Å². The van der Waals surface area contributed by atoms with Crippen LogP contribution in [0.1, 0.15) is 11.1 Å². The summed E-state index contributed by atoms with van der Waals surface area (Å²) in [6, 6.07) is 84.1. The topological polar surface area (TPSA) is 80.3 Å². The van der Waals surface area contributed by atoms with Crippen molar-refractivity contribution in [3.05, 3.63) is 242 Å². The van der Waals surface area contributed by atoms with Crippen LogP contribution in [0.5, 0.6) is 0 Å². The van der Waals surface area contributed by atoms with Gasteiger partial charge in [-0.2, -0.15) is 10.5 Å². The summed E-state index contributed by atoms with van der Waals surface area (Å²) >= 11 is 0. The molecule has 72 heavy (non-hydrogen) atoms. The Labute approximate surface area is 413 Å². The van der Waals surface area contributed by atoms with E-state index in [0.717, 1.165) is 133 Å². The lowest BCUT2D eigenvalue weighted by atomic mass is 9.91. The van der Waals surface area contributed by atoms with Gasteiger partial charge in [0.1, 0.15) is 11.2 Å². The number of nitrogens with zero attached hydrogens (tertiary/aromatic N) is 4. The van der Waals surface area contributed by atoms with Crippen LogP contribution < -0.4 is 9.80 Å². The van der Waals surface area contributed by atoms with Crippen molar-refractivity contribution in [3.8, 4) is 34.4 Å². The van der Waals surface area contributed by atoms with Gasteiger partial charge in [-0.05, 0) is 105 Å². The van der Waals surface area contributed by atoms with E-state index in [1.165, 1.54) is 0 Å². The minimum Gasteiger partial charge on any atom is -0.453 e. The van der Waals surface area contributed by atoms with Crippen molar-refractivity contribution in [1.82, 2.24) is 0 Å². The first kappa shape index (κ1) is 40.9. The maximum atomic E-state index is 9.91. The SMILES string of the molecule is N#Cc1ccc(N(c2ccc3ccc4c(N(c5ccc(C#N)cc5)c5cccc6c5oc5c(-c7ccccc7)cccc56)ccc5ccc2c3c54)c2cccc3c2oc2c(-c4ccccc4)cccc23)cc1. The molecule has 2 aromatic heterocycles. The van der Waals surface area contributed by atoms with Crippen LogP contribution in [-0.4, -0.2) is 0 Å². The summed E-state index contributed by atoms with van der Waals surface area (Å²) in [4.78, 5) is 4.55. The maximum absolute atomic E-state index is 9.91. The molecule has 0 saturated carbocycles. The Bertz CT molecular complexity index is 4230. The van der Waals surface area contributed by atoms with Crippen LogP contribution >= 0.6 is 0 Å². The molecule has 2 heterocycles. The summed E-state index contributed by atoms with van der Waals surface area (Å²) < 4.78 is 14.1. The number of para-hydroxylation sites is 4.